The third kappa shape index (κ3) is 2.53. The van der Waals surface area contributed by atoms with E-state index in [1.807, 2.05) is 54.6 Å². The summed E-state index contributed by atoms with van der Waals surface area (Å²) in [4.78, 5) is 0. The van der Waals surface area contributed by atoms with E-state index in [9.17, 15) is 0 Å². The fourth-order valence-corrected chi connectivity index (χ4v) is 3.21. The van der Waals surface area contributed by atoms with E-state index in [1.54, 1.807) is 0 Å². The number of benzene rings is 3. The fourth-order valence-electron chi connectivity index (χ4n) is 2.65. The first-order chi connectivity index (χ1) is 10.4. The van der Waals surface area contributed by atoms with Crippen molar-refractivity contribution < 1.29 is 3.83 Å². The van der Waals surface area contributed by atoms with Gasteiger partial charge < -0.3 is 0 Å². The lowest BCUT2D eigenvalue weighted by Crippen LogP contribution is -2.29. The molecule has 3 rings (SSSR count). The van der Waals surface area contributed by atoms with Crippen LogP contribution >= 0.6 is 16.3 Å². The van der Waals surface area contributed by atoms with Crippen molar-refractivity contribution in [2.75, 3.05) is 0 Å². The Morgan fingerprint density at radius 1 is 0.524 bits per heavy atom. The van der Waals surface area contributed by atoms with E-state index in [0.29, 0.717) is 0 Å². The summed E-state index contributed by atoms with van der Waals surface area (Å²) < 4.78 is 5.91. The van der Waals surface area contributed by atoms with Gasteiger partial charge in [-0.3, -0.25) is 3.83 Å². The molecule has 0 fully saturated rings. The second-order valence-corrected chi connectivity index (χ2v) is 5.18. The maximum absolute atomic E-state index is 5.91. The van der Waals surface area contributed by atoms with Gasteiger partial charge in [-0.1, -0.05) is 91.0 Å². The van der Waals surface area contributed by atoms with Crippen molar-refractivity contribution in [2.45, 2.75) is 5.60 Å². The van der Waals surface area contributed by atoms with Crippen LogP contribution in [0.5, 0.6) is 0 Å². The minimum Gasteiger partial charge on any atom is -0.287 e. The van der Waals surface area contributed by atoms with Gasteiger partial charge in [0.05, 0.1) is 0 Å². The summed E-state index contributed by atoms with van der Waals surface area (Å²) in [6.45, 7) is 0. The minimum absolute atomic E-state index is 0.663. The molecule has 0 spiro atoms. The highest BCUT2D eigenvalue weighted by molar-refractivity contribution is 9.06. The molecule has 21 heavy (non-hydrogen) atoms. The Hall–Kier alpha value is -1.90. The van der Waals surface area contributed by atoms with Crippen LogP contribution in [0.2, 0.25) is 0 Å². The highest BCUT2D eigenvalue weighted by Crippen LogP contribution is 2.41. The molecule has 0 aromatic heterocycles. The first-order valence-electron chi connectivity index (χ1n) is 6.84. The van der Waals surface area contributed by atoms with E-state index >= 15 is 0 Å². The molecule has 0 radical (unpaired) electrons. The smallest absolute Gasteiger partial charge is 0.158 e. The largest absolute Gasteiger partial charge is 0.287 e. The van der Waals surface area contributed by atoms with Crippen LogP contribution in [0.3, 0.4) is 0 Å². The van der Waals surface area contributed by atoms with Crippen molar-refractivity contribution in [1.29, 1.82) is 0 Å². The first-order valence-corrected chi connectivity index (χ1v) is 7.49. The molecule has 0 N–H and O–H groups in total. The number of hydrogen-bond acceptors (Lipinski definition) is 1. The van der Waals surface area contributed by atoms with Crippen LogP contribution < -0.4 is 0 Å². The van der Waals surface area contributed by atoms with Gasteiger partial charge in [-0.05, 0) is 16.7 Å². The average Bonchev–Trinajstić information content (AvgIpc) is 2.59. The maximum Gasteiger partial charge on any atom is 0.158 e. The lowest BCUT2D eigenvalue weighted by Gasteiger charge is -2.32. The molecule has 0 bridgehead atoms. The van der Waals surface area contributed by atoms with Gasteiger partial charge in [-0.2, -0.15) is 0 Å². The molecule has 0 unspecified atom stereocenters. The molecule has 0 heterocycles. The van der Waals surface area contributed by atoms with E-state index in [-0.39, 0.29) is 0 Å². The van der Waals surface area contributed by atoms with Gasteiger partial charge in [0, 0.05) is 0 Å². The number of halogens is 1. The summed E-state index contributed by atoms with van der Waals surface area (Å²) >= 11 is 3.28. The third-order valence-electron chi connectivity index (χ3n) is 3.66. The van der Waals surface area contributed by atoms with Crippen molar-refractivity contribution in [3.8, 4) is 0 Å². The van der Waals surface area contributed by atoms with Crippen molar-refractivity contribution in [3.05, 3.63) is 108 Å². The van der Waals surface area contributed by atoms with Crippen LogP contribution in [0.25, 0.3) is 0 Å². The van der Waals surface area contributed by atoms with Crippen molar-refractivity contribution in [1.82, 2.24) is 0 Å². The molecule has 0 aliphatic rings. The van der Waals surface area contributed by atoms with Gasteiger partial charge in [-0.25, -0.2) is 0 Å². The molecule has 104 valence electrons. The summed E-state index contributed by atoms with van der Waals surface area (Å²) in [5, 5.41) is 0. The summed E-state index contributed by atoms with van der Waals surface area (Å²) in [5.41, 5.74) is 2.59. The van der Waals surface area contributed by atoms with E-state index in [4.69, 9.17) is 3.83 Å². The molecule has 3 aromatic rings. The van der Waals surface area contributed by atoms with Crippen LogP contribution in [-0.2, 0) is 9.43 Å². The SMILES string of the molecule is BrOC(c1ccccc1)(c1ccccc1)c1ccccc1. The van der Waals surface area contributed by atoms with Crippen LogP contribution in [0.15, 0.2) is 91.0 Å². The van der Waals surface area contributed by atoms with Gasteiger partial charge in [0.2, 0.25) is 0 Å². The first kappa shape index (κ1) is 14.1. The standard InChI is InChI=1S/C19H15BrO/c20-21-19(16-10-4-1-5-11-16,17-12-6-2-7-13-17)18-14-8-3-9-15-18/h1-15H. The zero-order valence-electron chi connectivity index (χ0n) is 11.4. The van der Waals surface area contributed by atoms with Gasteiger partial charge in [0.1, 0.15) is 16.3 Å². The summed E-state index contributed by atoms with van der Waals surface area (Å²) in [6, 6.07) is 30.7. The Kier molecular flexibility index (Phi) is 4.18. The molecule has 3 aromatic carbocycles. The van der Waals surface area contributed by atoms with Gasteiger partial charge >= 0.3 is 0 Å². The predicted octanol–water partition coefficient (Wildman–Crippen LogP) is 5.31. The second-order valence-electron chi connectivity index (χ2n) is 4.86. The number of hydrogen-bond donors (Lipinski definition) is 0. The summed E-state index contributed by atoms with van der Waals surface area (Å²) in [5.74, 6) is 0. The molecular weight excluding hydrogens is 324 g/mol. The lowest BCUT2D eigenvalue weighted by atomic mass is 9.80. The van der Waals surface area contributed by atoms with Crippen LogP contribution in [-0.4, -0.2) is 0 Å². The molecule has 0 aliphatic carbocycles. The van der Waals surface area contributed by atoms with Crippen molar-refractivity contribution in [2.24, 2.45) is 0 Å². The molecule has 0 saturated heterocycles. The zero-order chi connectivity index (χ0) is 14.5. The molecule has 1 nitrogen and oxygen atoms in total. The normalized spacial score (nSPS) is 11.3. The van der Waals surface area contributed by atoms with Crippen molar-refractivity contribution >= 4 is 16.3 Å². The van der Waals surface area contributed by atoms with E-state index in [2.05, 4.69) is 52.7 Å². The van der Waals surface area contributed by atoms with Gasteiger partial charge in [-0.15, -0.1) is 0 Å². The Morgan fingerprint density at radius 2 is 0.810 bits per heavy atom. The van der Waals surface area contributed by atoms with Gasteiger partial charge in [0.15, 0.2) is 5.60 Å². The highest BCUT2D eigenvalue weighted by Gasteiger charge is 2.37. The van der Waals surface area contributed by atoms with Crippen LogP contribution in [0.1, 0.15) is 16.7 Å². The lowest BCUT2D eigenvalue weighted by molar-refractivity contribution is 0.209. The maximum atomic E-state index is 5.91. The molecule has 0 amide bonds. The van der Waals surface area contributed by atoms with Crippen LogP contribution in [0.4, 0.5) is 0 Å². The second kappa shape index (κ2) is 6.25. The highest BCUT2D eigenvalue weighted by atomic mass is 79.9. The van der Waals surface area contributed by atoms with Crippen molar-refractivity contribution in [3.63, 3.8) is 0 Å². The Labute approximate surface area is 133 Å². The van der Waals surface area contributed by atoms with Crippen LogP contribution in [0, 0.1) is 0 Å². The van der Waals surface area contributed by atoms with Gasteiger partial charge in [0.25, 0.3) is 0 Å². The molecule has 0 atom stereocenters. The predicted molar refractivity (Wildman–Crippen MR) is 89.2 cm³/mol. The molecule has 2 heteroatoms. The quantitative estimate of drug-likeness (QED) is 0.586. The minimum atomic E-state index is -0.663. The number of rotatable bonds is 4. The van der Waals surface area contributed by atoms with E-state index < -0.39 is 5.60 Å². The summed E-state index contributed by atoms with van der Waals surface area (Å²) in [7, 11) is 0. The van der Waals surface area contributed by atoms with E-state index in [1.165, 1.54) is 0 Å². The monoisotopic (exact) mass is 338 g/mol. The topological polar surface area (TPSA) is 9.23 Å². The Morgan fingerprint density at radius 3 is 1.05 bits per heavy atom. The zero-order valence-corrected chi connectivity index (χ0v) is 13.0. The average molecular weight is 339 g/mol. The molecular formula is C19H15BrO. The fraction of sp³-hybridized carbons (Fsp3) is 0.0526. The molecule has 0 aliphatic heterocycles. The third-order valence-corrected chi connectivity index (χ3v) is 4.14. The Balaban J connectivity index is 2.29. The molecule has 0 saturated carbocycles. The van der Waals surface area contributed by atoms with E-state index in [0.717, 1.165) is 16.7 Å². The summed E-state index contributed by atoms with van der Waals surface area (Å²) in [6.07, 6.45) is 0. The Bertz CT molecular complexity index is 584.